The molecule has 5 rings (SSSR count). The Hall–Kier alpha value is -1.83. The van der Waals surface area contributed by atoms with Gasteiger partial charge >= 0.3 is 0 Å². The van der Waals surface area contributed by atoms with Crippen molar-refractivity contribution < 1.29 is 9.21 Å². The molecule has 0 radical (unpaired) electrons. The van der Waals surface area contributed by atoms with Crippen molar-refractivity contribution in [3.8, 4) is 0 Å². The van der Waals surface area contributed by atoms with Crippen LogP contribution >= 0.6 is 12.4 Å². The van der Waals surface area contributed by atoms with Crippen LogP contribution < -0.4 is 10.2 Å². The van der Waals surface area contributed by atoms with E-state index < -0.39 is 0 Å². The van der Waals surface area contributed by atoms with Crippen LogP contribution in [0.25, 0.3) is 11.1 Å². The Kier molecular flexibility index (Phi) is 6.23. The summed E-state index contributed by atoms with van der Waals surface area (Å²) in [6.45, 7) is 3.77. The lowest BCUT2D eigenvalue weighted by atomic mass is 9.82. The first kappa shape index (κ1) is 21.4. The lowest BCUT2D eigenvalue weighted by Gasteiger charge is -2.47. The highest BCUT2D eigenvalue weighted by atomic mass is 35.5. The number of carbonyl (C=O) groups is 1. The van der Waals surface area contributed by atoms with Gasteiger partial charge in [-0.25, -0.2) is 0 Å². The number of oxazole rings is 1. The SMILES string of the molecule is CN1CCN(c2nc3c(C(=O)NC4CC5CCCC(C4)N5C)cccc3o2)CC1.Cl. The zero-order valence-corrected chi connectivity index (χ0v) is 18.7. The van der Waals surface area contributed by atoms with Crippen molar-refractivity contribution in [2.24, 2.45) is 0 Å². The van der Waals surface area contributed by atoms with Gasteiger partial charge in [0.2, 0.25) is 0 Å². The summed E-state index contributed by atoms with van der Waals surface area (Å²) in [4.78, 5) is 24.8. The zero-order valence-electron chi connectivity index (χ0n) is 17.8. The minimum absolute atomic E-state index is 0. The molecule has 3 aliphatic heterocycles. The quantitative estimate of drug-likeness (QED) is 0.802. The molecule has 1 aromatic heterocycles. The van der Waals surface area contributed by atoms with Crippen LogP contribution in [0.4, 0.5) is 6.01 Å². The van der Waals surface area contributed by atoms with Gasteiger partial charge in [0, 0.05) is 44.3 Å². The van der Waals surface area contributed by atoms with E-state index in [-0.39, 0.29) is 24.4 Å². The maximum absolute atomic E-state index is 13.1. The number of nitrogens with one attached hydrogen (secondary N) is 1. The summed E-state index contributed by atoms with van der Waals surface area (Å²) in [7, 11) is 4.37. The van der Waals surface area contributed by atoms with Gasteiger partial charge in [-0.2, -0.15) is 4.98 Å². The van der Waals surface area contributed by atoms with Crippen LogP contribution in [0.5, 0.6) is 0 Å². The van der Waals surface area contributed by atoms with Crippen LogP contribution in [0.15, 0.2) is 22.6 Å². The standard InChI is InChI=1S/C22H31N5O2.ClH/c1-25-9-11-27(12-10-25)22-24-20-18(7-4-8-19(20)29-22)21(28)23-15-13-16-5-3-6-17(14-15)26(16)2;/h4,7-8,15-17H,3,5-6,9-14H2,1-2H3,(H,23,28);1H. The number of hydrogen-bond donors (Lipinski definition) is 1. The normalized spacial score (nSPS) is 27.7. The van der Waals surface area contributed by atoms with E-state index in [2.05, 4.69) is 34.1 Å². The summed E-state index contributed by atoms with van der Waals surface area (Å²) in [5.41, 5.74) is 1.98. The highest BCUT2D eigenvalue weighted by molar-refractivity contribution is 6.04. The van der Waals surface area contributed by atoms with Gasteiger partial charge in [0.15, 0.2) is 5.58 Å². The summed E-state index contributed by atoms with van der Waals surface area (Å²) in [6, 6.07) is 7.72. The van der Waals surface area contributed by atoms with Crippen molar-refractivity contribution in [2.45, 2.75) is 50.2 Å². The highest BCUT2D eigenvalue weighted by Gasteiger charge is 2.36. The number of para-hydroxylation sites is 1. The number of aromatic nitrogens is 1. The van der Waals surface area contributed by atoms with Crippen molar-refractivity contribution >= 4 is 35.4 Å². The first-order valence-corrected chi connectivity index (χ1v) is 10.9. The second-order valence-electron chi connectivity index (χ2n) is 8.98. The molecule has 3 saturated heterocycles. The van der Waals surface area contributed by atoms with E-state index in [1.807, 2.05) is 18.2 Å². The number of piperazine rings is 1. The predicted octanol–water partition coefficient (Wildman–Crippen LogP) is 2.75. The molecule has 1 amide bonds. The maximum atomic E-state index is 13.1. The fourth-order valence-corrected chi connectivity index (χ4v) is 5.25. The number of fused-ring (bicyclic) bond motifs is 3. The van der Waals surface area contributed by atoms with Crippen molar-refractivity contribution in [2.75, 3.05) is 45.2 Å². The van der Waals surface area contributed by atoms with Crippen molar-refractivity contribution in [1.29, 1.82) is 0 Å². The summed E-state index contributed by atoms with van der Waals surface area (Å²) in [6.07, 6.45) is 5.88. The molecule has 164 valence electrons. The van der Waals surface area contributed by atoms with Gasteiger partial charge in [-0.15, -0.1) is 12.4 Å². The molecule has 2 unspecified atom stereocenters. The summed E-state index contributed by atoms with van der Waals surface area (Å²) >= 11 is 0. The summed E-state index contributed by atoms with van der Waals surface area (Å²) in [5, 5.41) is 3.30. The minimum Gasteiger partial charge on any atom is -0.423 e. The van der Waals surface area contributed by atoms with E-state index in [0.29, 0.717) is 34.8 Å². The third kappa shape index (κ3) is 4.03. The molecule has 0 saturated carbocycles. The molecule has 1 aromatic carbocycles. The molecule has 3 aliphatic rings. The van der Waals surface area contributed by atoms with Gasteiger partial charge in [0.1, 0.15) is 5.52 Å². The van der Waals surface area contributed by atoms with Gasteiger partial charge in [0.05, 0.1) is 5.56 Å². The molecule has 4 heterocycles. The number of nitrogens with zero attached hydrogens (tertiary/aromatic N) is 4. The Morgan fingerprint density at radius 1 is 1.10 bits per heavy atom. The van der Waals surface area contributed by atoms with Gasteiger partial charge in [0.25, 0.3) is 11.9 Å². The number of carbonyl (C=O) groups excluding carboxylic acids is 1. The third-order valence-corrected chi connectivity index (χ3v) is 7.10. The first-order chi connectivity index (χ1) is 14.1. The minimum atomic E-state index is -0.0264. The Morgan fingerprint density at radius 2 is 1.80 bits per heavy atom. The number of likely N-dealkylation sites (N-methyl/N-ethyl adjacent to an activating group) is 1. The lowest BCUT2D eigenvalue weighted by Crippen LogP contribution is -2.55. The number of anilines is 1. The molecule has 3 fully saturated rings. The number of hydrogen-bond acceptors (Lipinski definition) is 6. The highest BCUT2D eigenvalue weighted by Crippen LogP contribution is 2.33. The molecular weight excluding hydrogens is 402 g/mol. The van der Waals surface area contributed by atoms with E-state index in [0.717, 1.165) is 39.0 Å². The van der Waals surface area contributed by atoms with E-state index in [4.69, 9.17) is 9.40 Å². The van der Waals surface area contributed by atoms with E-state index >= 15 is 0 Å². The van der Waals surface area contributed by atoms with E-state index in [9.17, 15) is 4.79 Å². The monoisotopic (exact) mass is 433 g/mol. The molecule has 0 aliphatic carbocycles. The van der Waals surface area contributed by atoms with Crippen molar-refractivity contribution in [3.63, 3.8) is 0 Å². The number of halogens is 1. The van der Waals surface area contributed by atoms with Crippen molar-refractivity contribution in [3.05, 3.63) is 23.8 Å². The van der Waals surface area contributed by atoms with Crippen LogP contribution in [-0.2, 0) is 0 Å². The second kappa shape index (κ2) is 8.73. The molecule has 2 atom stereocenters. The molecule has 8 heteroatoms. The Morgan fingerprint density at radius 3 is 2.50 bits per heavy atom. The van der Waals surface area contributed by atoms with Crippen molar-refractivity contribution in [1.82, 2.24) is 20.1 Å². The molecule has 2 aromatic rings. The molecule has 2 bridgehead atoms. The maximum Gasteiger partial charge on any atom is 0.298 e. The fraction of sp³-hybridized carbons (Fsp3) is 0.636. The smallest absolute Gasteiger partial charge is 0.298 e. The summed E-state index contributed by atoms with van der Waals surface area (Å²) < 4.78 is 6.01. The average Bonchev–Trinajstić information content (AvgIpc) is 3.13. The largest absolute Gasteiger partial charge is 0.423 e. The van der Waals surface area contributed by atoms with Crippen LogP contribution in [0.2, 0.25) is 0 Å². The lowest BCUT2D eigenvalue weighted by molar-refractivity contribution is 0.0463. The van der Waals surface area contributed by atoms with Gasteiger partial charge < -0.3 is 24.4 Å². The summed E-state index contributed by atoms with van der Waals surface area (Å²) in [5.74, 6) is -0.0264. The third-order valence-electron chi connectivity index (χ3n) is 7.10. The molecule has 0 spiro atoms. The fourth-order valence-electron chi connectivity index (χ4n) is 5.25. The van der Waals surface area contributed by atoms with Gasteiger partial charge in [-0.1, -0.05) is 12.5 Å². The van der Waals surface area contributed by atoms with E-state index in [1.165, 1.54) is 19.3 Å². The molecular formula is C22H32ClN5O2. The van der Waals surface area contributed by atoms with Crippen LogP contribution in [-0.4, -0.2) is 79.1 Å². The number of rotatable bonds is 3. The van der Waals surface area contributed by atoms with Gasteiger partial charge in [-0.3, -0.25) is 4.79 Å². The number of piperidine rings is 2. The topological polar surface area (TPSA) is 64.8 Å². The van der Waals surface area contributed by atoms with Crippen LogP contribution in [0, 0.1) is 0 Å². The Labute approximate surface area is 184 Å². The zero-order chi connectivity index (χ0) is 20.0. The van der Waals surface area contributed by atoms with Crippen LogP contribution in [0.1, 0.15) is 42.5 Å². The molecule has 1 N–H and O–H groups in total. The van der Waals surface area contributed by atoms with E-state index in [1.54, 1.807) is 0 Å². The van der Waals surface area contributed by atoms with Gasteiger partial charge in [-0.05, 0) is 51.9 Å². The average molecular weight is 434 g/mol. The predicted molar refractivity (Wildman–Crippen MR) is 121 cm³/mol. The number of benzene rings is 1. The second-order valence-corrected chi connectivity index (χ2v) is 8.98. The first-order valence-electron chi connectivity index (χ1n) is 10.9. The molecule has 30 heavy (non-hydrogen) atoms. The molecule has 7 nitrogen and oxygen atoms in total. The van der Waals surface area contributed by atoms with Crippen LogP contribution in [0.3, 0.4) is 0 Å². The number of amides is 1. The Balaban J connectivity index is 0.00000218. The Bertz CT molecular complexity index is 881.